The lowest BCUT2D eigenvalue weighted by atomic mass is 10.2. The van der Waals surface area contributed by atoms with E-state index in [0.29, 0.717) is 18.4 Å². The van der Waals surface area contributed by atoms with Gasteiger partial charge in [-0.05, 0) is 37.6 Å². The minimum atomic E-state index is -0.289. The molecule has 0 amide bonds. The molecule has 2 nitrogen and oxygen atoms in total. The number of halogens is 1. The zero-order valence-electron chi connectivity index (χ0n) is 10.2. The summed E-state index contributed by atoms with van der Waals surface area (Å²) in [5, 5.41) is 3.28. The van der Waals surface area contributed by atoms with Gasteiger partial charge in [0.15, 0.2) is 11.6 Å². The van der Waals surface area contributed by atoms with E-state index in [1.54, 1.807) is 12.1 Å². The van der Waals surface area contributed by atoms with Gasteiger partial charge in [0, 0.05) is 6.04 Å². The smallest absolute Gasteiger partial charge is 0.165 e. The molecule has 0 aliphatic carbocycles. The van der Waals surface area contributed by atoms with E-state index < -0.39 is 0 Å². The fourth-order valence-electron chi connectivity index (χ4n) is 1.37. The summed E-state index contributed by atoms with van der Waals surface area (Å²) in [6.07, 6.45) is 0.881. The monoisotopic (exact) mass is 225 g/mol. The first kappa shape index (κ1) is 13.0. The number of hydrogen-bond donors (Lipinski definition) is 1. The molecule has 0 aromatic heterocycles. The third-order valence-electron chi connectivity index (χ3n) is 2.22. The van der Waals surface area contributed by atoms with Crippen LogP contribution in [-0.2, 0) is 0 Å². The molecule has 0 saturated carbocycles. The first-order chi connectivity index (χ1) is 7.59. The zero-order valence-corrected chi connectivity index (χ0v) is 10.2. The fraction of sp³-hybridized carbons (Fsp3) is 0.538. The predicted molar refractivity (Wildman–Crippen MR) is 64.4 cm³/mol. The Bertz CT molecular complexity index is 326. The van der Waals surface area contributed by atoms with Gasteiger partial charge in [0.05, 0.1) is 6.61 Å². The van der Waals surface area contributed by atoms with Gasteiger partial charge < -0.3 is 10.1 Å². The van der Waals surface area contributed by atoms with Gasteiger partial charge in [-0.3, -0.25) is 0 Å². The quantitative estimate of drug-likeness (QED) is 0.752. The van der Waals surface area contributed by atoms with Gasteiger partial charge in [0.25, 0.3) is 0 Å². The van der Waals surface area contributed by atoms with Crippen molar-refractivity contribution in [3.63, 3.8) is 0 Å². The summed E-state index contributed by atoms with van der Waals surface area (Å²) in [5.74, 6) is 0.0620. The molecule has 0 aliphatic rings. The van der Waals surface area contributed by atoms with E-state index in [-0.39, 0.29) is 5.82 Å². The zero-order chi connectivity index (χ0) is 12.0. The molecular weight excluding hydrogens is 205 g/mol. The maximum absolute atomic E-state index is 13.3. The van der Waals surface area contributed by atoms with E-state index in [0.717, 1.165) is 18.5 Å². The van der Waals surface area contributed by atoms with Crippen LogP contribution in [-0.4, -0.2) is 19.2 Å². The van der Waals surface area contributed by atoms with Crippen molar-refractivity contribution in [2.45, 2.75) is 33.2 Å². The van der Waals surface area contributed by atoms with Crippen molar-refractivity contribution in [2.24, 2.45) is 0 Å². The van der Waals surface area contributed by atoms with Gasteiger partial charge in [-0.1, -0.05) is 19.9 Å². The molecule has 0 fully saturated rings. The van der Waals surface area contributed by atoms with E-state index in [2.05, 4.69) is 19.2 Å². The van der Waals surface area contributed by atoms with Crippen LogP contribution in [0.4, 0.5) is 4.39 Å². The lowest BCUT2D eigenvalue weighted by Gasteiger charge is -2.10. The largest absolute Gasteiger partial charge is 0.490 e. The highest BCUT2D eigenvalue weighted by Gasteiger charge is 2.02. The molecule has 0 bridgehead atoms. The Morgan fingerprint density at radius 1 is 1.38 bits per heavy atom. The van der Waals surface area contributed by atoms with Crippen LogP contribution in [0.25, 0.3) is 0 Å². The average Bonchev–Trinajstić information content (AvgIpc) is 2.22. The molecule has 0 aliphatic heterocycles. The van der Waals surface area contributed by atoms with Crippen LogP contribution in [0.1, 0.15) is 25.8 Å². The van der Waals surface area contributed by atoms with Crippen LogP contribution in [0.15, 0.2) is 18.2 Å². The van der Waals surface area contributed by atoms with Crippen LogP contribution in [0, 0.1) is 12.7 Å². The molecule has 1 rings (SSSR count). The SMILES string of the molecule is Cc1ccc(F)c(OCCCNC(C)C)c1. The number of nitrogens with one attached hydrogen (secondary N) is 1. The Kier molecular flexibility index (Phi) is 5.26. The highest BCUT2D eigenvalue weighted by atomic mass is 19.1. The van der Waals surface area contributed by atoms with Crippen molar-refractivity contribution in [3.8, 4) is 5.75 Å². The van der Waals surface area contributed by atoms with Crippen molar-refractivity contribution in [3.05, 3.63) is 29.6 Å². The lowest BCUT2D eigenvalue weighted by molar-refractivity contribution is 0.291. The standard InChI is InChI=1S/C13H20FNO/c1-10(2)15-7-4-8-16-13-9-11(3)5-6-12(13)14/h5-6,9-10,15H,4,7-8H2,1-3H3. The summed E-state index contributed by atoms with van der Waals surface area (Å²) in [5.41, 5.74) is 1.01. The summed E-state index contributed by atoms with van der Waals surface area (Å²) in [6, 6.07) is 5.39. The molecule has 3 heteroatoms. The van der Waals surface area contributed by atoms with Crippen LogP contribution < -0.4 is 10.1 Å². The summed E-state index contributed by atoms with van der Waals surface area (Å²) in [4.78, 5) is 0. The number of hydrogen-bond acceptors (Lipinski definition) is 2. The van der Waals surface area contributed by atoms with Crippen molar-refractivity contribution >= 4 is 0 Å². The molecule has 0 heterocycles. The van der Waals surface area contributed by atoms with E-state index in [1.165, 1.54) is 6.07 Å². The Labute approximate surface area is 96.8 Å². The molecule has 0 radical (unpaired) electrons. The van der Waals surface area contributed by atoms with Crippen molar-refractivity contribution in [1.82, 2.24) is 5.32 Å². The normalized spacial score (nSPS) is 10.8. The minimum Gasteiger partial charge on any atom is -0.490 e. The highest BCUT2D eigenvalue weighted by molar-refractivity contribution is 5.29. The van der Waals surface area contributed by atoms with Gasteiger partial charge in [0.2, 0.25) is 0 Å². The third-order valence-corrected chi connectivity index (χ3v) is 2.22. The Hall–Kier alpha value is -1.09. The van der Waals surface area contributed by atoms with Crippen LogP contribution in [0.5, 0.6) is 5.75 Å². The topological polar surface area (TPSA) is 21.3 Å². The minimum absolute atomic E-state index is 0.289. The third kappa shape index (κ3) is 4.62. The Morgan fingerprint density at radius 3 is 2.81 bits per heavy atom. The first-order valence-corrected chi connectivity index (χ1v) is 5.72. The second-order valence-corrected chi connectivity index (χ2v) is 4.24. The van der Waals surface area contributed by atoms with Gasteiger partial charge in [-0.15, -0.1) is 0 Å². The van der Waals surface area contributed by atoms with E-state index in [1.807, 2.05) is 6.92 Å². The maximum Gasteiger partial charge on any atom is 0.165 e. The van der Waals surface area contributed by atoms with Crippen molar-refractivity contribution in [2.75, 3.05) is 13.2 Å². The first-order valence-electron chi connectivity index (χ1n) is 5.72. The molecule has 0 spiro atoms. The molecular formula is C13H20FNO. The Morgan fingerprint density at radius 2 is 2.12 bits per heavy atom. The summed E-state index contributed by atoms with van der Waals surface area (Å²) < 4.78 is 18.7. The van der Waals surface area contributed by atoms with Gasteiger partial charge in [0.1, 0.15) is 0 Å². The van der Waals surface area contributed by atoms with Gasteiger partial charge >= 0.3 is 0 Å². The molecule has 16 heavy (non-hydrogen) atoms. The lowest BCUT2D eigenvalue weighted by Crippen LogP contribution is -2.24. The number of ether oxygens (including phenoxy) is 1. The van der Waals surface area contributed by atoms with Crippen LogP contribution in [0.3, 0.4) is 0 Å². The molecule has 90 valence electrons. The van der Waals surface area contributed by atoms with Gasteiger partial charge in [-0.2, -0.15) is 0 Å². The number of rotatable bonds is 6. The maximum atomic E-state index is 13.3. The van der Waals surface area contributed by atoms with E-state index in [4.69, 9.17) is 4.74 Å². The number of aryl methyl sites for hydroxylation is 1. The summed E-state index contributed by atoms with van der Waals surface area (Å²) in [6.45, 7) is 7.56. The molecule has 0 saturated heterocycles. The Balaban J connectivity index is 2.29. The summed E-state index contributed by atoms with van der Waals surface area (Å²) >= 11 is 0. The van der Waals surface area contributed by atoms with Gasteiger partial charge in [-0.25, -0.2) is 4.39 Å². The predicted octanol–water partition coefficient (Wildman–Crippen LogP) is 2.90. The highest BCUT2D eigenvalue weighted by Crippen LogP contribution is 2.18. The molecule has 0 unspecified atom stereocenters. The van der Waals surface area contributed by atoms with Crippen molar-refractivity contribution < 1.29 is 9.13 Å². The fourth-order valence-corrected chi connectivity index (χ4v) is 1.37. The molecule has 1 N–H and O–H groups in total. The molecule has 1 aromatic rings. The molecule has 0 atom stereocenters. The second kappa shape index (κ2) is 6.48. The summed E-state index contributed by atoms with van der Waals surface area (Å²) in [7, 11) is 0. The van der Waals surface area contributed by atoms with Crippen LogP contribution in [0.2, 0.25) is 0 Å². The van der Waals surface area contributed by atoms with Crippen molar-refractivity contribution in [1.29, 1.82) is 0 Å². The average molecular weight is 225 g/mol. The molecule has 1 aromatic carbocycles. The van der Waals surface area contributed by atoms with E-state index >= 15 is 0 Å². The van der Waals surface area contributed by atoms with Crippen LogP contribution >= 0.6 is 0 Å². The van der Waals surface area contributed by atoms with E-state index in [9.17, 15) is 4.39 Å². The number of benzene rings is 1. The second-order valence-electron chi connectivity index (χ2n) is 4.24.